The normalized spacial score (nSPS) is 9.24. The van der Waals surface area contributed by atoms with E-state index < -0.39 is 5.97 Å². The molecule has 3 heteroatoms. The van der Waals surface area contributed by atoms with Gasteiger partial charge in [0.25, 0.3) is 0 Å². The van der Waals surface area contributed by atoms with Crippen LogP contribution in [0.5, 0.6) is 0 Å². The third kappa shape index (κ3) is 3.74. The molecule has 0 amide bonds. The van der Waals surface area contributed by atoms with Gasteiger partial charge in [-0.2, -0.15) is 0 Å². The van der Waals surface area contributed by atoms with Gasteiger partial charge in [-0.1, -0.05) is 49.0 Å². The molecule has 0 spiro atoms. The van der Waals surface area contributed by atoms with Crippen LogP contribution < -0.4 is 0 Å². The number of carboxylic acids is 1. The molecule has 2 N–H and O–H groups in total. The van der Waals surface area contributed by atoms with Crippen molar-refractivity contribution in [2.24, 2.45) is 0 Å². The summed E-state index contributed by atoms with van der Waals surface area (Å²) in [5, 5.41) is 19.0. The van der Waals surface area contributed by atoms with Gasteiger partial charge in [0.05, 0.1) is 6.61 Å². The van der Waals surface area contributed by atoms with Crippen molar-refractivity contribution >= 4 is 16.7 Å². The second-order valence-corrected chi connectivity index (χ2v) is 3.34. The van der Waals surface area contributed by atoms with E-state index in [9.17, 15) is 4.79 Å². The van der Waals surface area contributed by atoms with Crippen LogP contribution in [0.3, 0.4) is 0 Å². The van der Waals surface area contributed by atoms with Gasteiger partial charge in [0.2, 0.25) is 0 Å². The highest BCUT2D eigenvalue weighted by molar-refractivity contribution is 5.85. The minimum atomic E-state index is -0.981. The predicted octanol–water partition coefficient (Wildman–Crippen LogP) is 2.59. The largest absolute Gasteiger partial charge is 0.478 e. The van der Waals surface area contributed by atoms with Gasteiger partial charge in [-0.3, -0.25) is 0 Å². The fourth-order valence-corrected chi connectivity index (χ4v) is 1.43. The molecule has 0 unspecified atom stereocenters. The molecule has 0 atom stereocenters. The summed E-state index contributed by atoms with van der Waals surface area (Å²) in [7, 11) is 0. The van der Waals surface area contributed by atoms with Crippen molar-refractivity contribution in [3.05, 3.63) is 60.7 Å². The summed E-state index contributed by atoms with van der Waals surface area (Å²) in [6.07, 6.45) is 0.833. The summed E-state index contributed by atoms with van der Waals surface area (Å²) in [5.74, 6) is -0.981. The monoisotopic (exact) mass is 230 g/mol. The van der Waals surface area contributed by atoms with Crippen LogP contribution in [0.25, 0.3) is 10.8 Å². The molecule has 0 aromatic heterocycles. The average Bonchev–Trinajstić information content (AvgIpc) is 2.38. The van der Waals surface area contributed by atoms with E-state index in [4.69, 9.17) is 10.2 Å². The molecule has 3 nitrogen and oxygen atoms in total. The summed E-state index contributed by atoms with van der Waals surface area (Å²) in [5.41, 5.74) is 0.994. The minimum absolute atomic E-state index is 0.112. The van der Waals surface area contributed by atoms with E-state index in [1.807, 2.05) is 30.3 Å². The zero-order valence-corrected chi connectivity index (χ0v) is 9.34. The van der Waals surface area contributed by atoms with Crippen molar-refractivity contribution in [1.29, 1.82) is 0 Å². The number of carbonyl (C=O) groups is 1. The lowest BCUT2D eigenvalue weighted by Crippen LogP contribution is -1.84. The smallest absolute Gasteiger partial charge is 0.327 e. The molecule has 2 aromatic rings. The molecule has 0 fully saturated rings. The Balaban J connectivity index is 0.000000249. The van der Waals surface area contributed by atoms with Crippen LogP contribution in [0.2, 0.25) is 0 Å². The number of carboxylic acid groups (broad SMARTS) is 1. The standard InChI is InChI=1S/C11H10O.C3H4O2/c12-8-10-6-3-5-9-4-1-2-7-11(9)10;1-2-3(4)5/h1-7,12H,8H2;2H,1H2,(H,4,5). The second kappa shape index (κ2) is 6.45. The van der Waals surface area contributed by atoms with Gasteiger partial charge >= 0.3 is 5.97 Å². The van der Waals surface area contributed by atoms with E-state index in [2.05, 4.69) is 18.7 Å². The van der Waals surface area contributed by atoms with Crippen LogP contribution in [-0.4, -0.2) is 16.2 Å². The van der Waals surface area contributed by atoms with Crippen LogP contribution in [0, 0.1) is 0 Å². The number of fused-ring (bicyclic) bond motifs is 1. The van der Waals surface area contributed by atoms with E-state index in [-0.39, 0.29) is 6.61 Å². The van der Waals surface area contributed by atoms with Crippen LogP contribution in [0.4, 0.5) is 0 Å². The lowest BCUT2D eigenvalue weighted by Gasteiger charge is -2.01. The first-order valence-corrected chi connectivity index (χ1v) is 5.12. The van der Waals surface area contributed by atoms with E-state index in [0.29, 0.717) is 0 Å². The predicted molar refractivity (Wildman–Crippen MR) is 67.7 cm³/mol. The van der Waals surface area contributed by atoms with E-state index in [1.165, 1.54) is 5.39 Å². The molecule has 0 radical (unpaired) electrons. The third-order valence-electron chi connectivity index (χ3n) is 2.22. The highest BCUT2D eigenvalue weighted by Gasteiger charge is 1.96. The number of hydrogen-bond acceptors (Lipinski definition) is 2. The van der Waals surface area contributed by atoms with Gasteiger partial charge < -0.3 is 10.2 Å². The van der Waals surface area contributed by atoms with Gasteiger partial charge in [0.1, 0.15) is 0 Å². The Kier molecular flexibility index (Phi) is 4.91. The quantitative estimate of drug-likeness (QED) is 0.779. The van der Waals surface area contributed by atoms with Crippen LogP contribution in [0.15, 0.2) is 55.1 Å². The molecule has 2 rings (SSSR count). The van der Waals surface area contributed by atoms with Crippen molar-refractivity contribution in [3.63, 3.8) is 0 Å². The maximum Gasteiger partial charge on any atom is 0.327 e. The molecule has 0 bridgehead atoms. The first kappa shape index (κ1) is 12.9. The Hall–Kier alpha value is -2.13. The van der Waals surface area contributed by atoms with Gasteiger partial charge in [-0.05, 0) is 16.3 Å². The molecule has 0 heterocycles. The van der Waals surface area contributed by atoms with Gasteiger partial charge in [0, 0.05) is 6.08 Å². The number of aliphatic carboxylic acids is 1. The Morgan fingerprint density at radius 3 is 2.35 bits per heavy atom. The summed E-state index contributed by atoms with van der Waals surface area (Å²) in [6, 6.07) is 14.0. The molecule has 0 saturated carbocycles. The first-order valence-electron chi connectivity index (χ1n) is 5.12. The van der Waals surface area contributed by atoms with Crippen LogP contribution in [-0.2, 0) is 11.4 Å². The number of aliphatic hydroxyl groups excluding tert-OH is 1. The van der Waals surface area contributed by atoms with Crippen molar-refractivity contribution < 1.29 is 15.0 Å². The highest BCUT2D eigenvalue weighted by Crippen LogP contribution is 2.17. The topological polar surface area (TPSA) is 57.5 Å². The number of benzene rings is 2. The molecule has 0 aliphatic carbocycles. The van der Waals surface area contributed by atoms with Crippen molar-refractivity contribution in [1.82, 2.24) is 0 Å². The van der Waals surface area contributed by atoms with Crippen molar-refractivity contribution in [2.75, 3.05) is 0 Å². The lowest BCUT2D eigenvalue weighted by molar-refractivity contribution is -0.131. The molecule has 17 heavy (non-hydrogen) atoms. The van der Waals surface area contributed by atoms with Gasteiger partial charge in [0.15, 0.2) is 0 Å². The van der Waals surface area contributed by atoms with Crippen molar-refractivity contribution in [3.8, 4) is 0 Å². The lowest BCUT2D eigenvalue weighted by atomic mass is 10.1. The van der Waals surface area contributed by atoms with E-state index in [1.54, 1.807) is 0 Å². The number of aliphatic hydroxyl groups is 1. The van der Waals surface area contributed by atoms with E-state index >= 15 is 0 Å². The average molecular weight is 230 g/mol. The minimum Gasteiger partial charge on any atom is -0.478 e. The van der Waals surface area contributed by atoms with Crippen LogP contribution in [0.1, 0.15) is 5.56 Å². The Bertz CT molecular complexity index is 512. The van der Waals surface area contributed by atoms with Gasteiger partial charge in [-0.15, -0.1) is 0 Å². The third-order valence-corrected chi connectivity index (χ3v) is 2.22. The summed E-state index contributed by atoms with van der Waals surface area (Å²) in [6.45, 7) is 3.07. The summed E-state index contributed by atoms with van der Waals surface area (Å²) < 4.78 is 0. The first-order chi connectivity index (χ1) is 8.19. The summed E-state index contributed by atoms with van der Waals surface area (Å²) >= 11 is 0. The maximum absolute atomic E-state index is 9.25. The van der Waals surface area contributed by atoms with Crippen LogP contribution >= 0.6 is 0 Å². The molecular formula is C14H14O3. The molecule has 0 aliphatic rings. The summed E-state index contributed by atoms with van der Waals surface area (Å²) in [4.78, 5) is 9.25. The Morgan fingerprint density at radius 1 is 1.18 bits per heavy atom. The Labute approximate surface area is 99.6 Å². The van der Waals surface area contributed by atoms with Crippen molar-refractivity contribution in [2.45, 2.75) is 6.61 Å². The Morgan fingerprint density at radius 2 is 1.76 bits per heavy atom. The molecule has 2 aromatic carbocycles. The maximum atomic E-state index is 9.25. The molecule has 0 saturated heterocycles. The number of rotatable bonds is 2. The zero-order valence-electron chi connectivity index (χ0n) is 9.34. The zero-order chi connectivity index (χ0) is 12.7. The molecule has 88 valence electrons. The number of hydrogen-bond donors (Lipinski definition) is 2. The fraction of sp³-hybridized carbons (Fsp3) is 0.0714. The van der Waals surface area contributed by atoms with Gasteiger partial charge in [-0.25, -0.2) is 4.79 Å². The fourth-order valence-electron chi connectivity index (χ4n) is 1.43. The molecular weight excluding hydrogens is 216 g/mol. The second-order valence-electron chi connectivity index (χ2n) is 3.34. The SMILES string of the molecule is C=CC(=O)O.OCc1cccc2ccccc12. The molecule has 0 aliphatic heterocycles. The van der Waals surface area contributed by atoms with E-state index in [0.717, 1.165) is 17.0 Å². The highest BCUT2D eigenvalue weighted by atomic mass is 16.4.